The lowest BCUT2D eigenvalue weighted by atomic mass is 10.0. The summed E-state index contributed by atoms with van der Waals surface area (Å²) in [5.41, 5.74) is 9.64. The average molecular weight is 595 g/mol. The normalized spacial score (nSPS) is 15.3. The summed E-state index contributed by atoms with van der Waals surface area (Å²) in [7, 11) is 0. The van der Waals surface area contributed by atoms with Crippen LogP contribution in [0.4, 0.5) is 5.69 Å². The van der Waals surface area contributed by atoms with Gasteiger partial charge >= 0.3 is 0 Å². The first kappa shape index (κ1) is 28.9. The number of aromatic nitrogens is 4. The fourth-order valence-electron chi connectivity index (χ4n) is 5.23. The van der Waals surface area contributed by atoms with Crippen LogP contribution in [0.5, 0.6) is 5.75 Å². The Balaban J connectivity index is 1.52. The number of hydrogen-bond acceptors (Lipinski definition) is 7. The van der Waals surface area contributed by atoms with Gasteiger partial charge < -0.3 is 20.3 Å². The molecule has 0 bridgehead atoms. The van der Waals surface area contributed by atoms with Gasteiger partial charge in [-0.1, -0.05) is 42.3 Å². The Morgan fingerprint density at radius 2 is 1.93 bits per heavy atom. The Morgan fingerprint density at radius 3 is 2.68 bits per heavy atom. The first-order chi connectivity index (χ1) is 19.9. The van der Waals surface area contributed by atoms with E-state index in [0.717, 1.165) is 29.1 Å². The molecule has 0 saturated carbocycles. The Morgan fingerprint density at radius 1 is 1.10 bits per heavy atom. The van der Waals surface area contributed by atoms with Crippen molar-refractivity contribution >= 4 is 34.8 Å². The van der Waals surface area contributed by atoms with Gasteiger partial charge in [-0.15, -0.1) is 0 Å². The number of halogens is 2. The van der Waals surface area contributed by atoms with Crippen molar-refractivity contribution in [2.24, 2.45) is 5.73 Å². The molecule has 4 aromatic rings. The second kappa shape index (κ2) is 12.9. The summed E-state index contributed by atoms with van der Waals surface area (Å²) in [6.45, 7) is 7.25. The molecule has 0 unspecified atom stereocenters. The minimum Gasteiger partial charge on any atom is -0.493 e. The number of anilines is 1. The summed E-state index contributed by atoms with van der Waals surface area (Å²) in [5, 5.41) is 5.26. The topological polar surface area (TPSA) is 102 Å². The van der Waals surface area contributed by atoms with Gasteiger partial charge in [0.1, 0.15) is 17.8 Å². The molecular formula is C30H33Cl2N7O2. The van der Waals surface area contributed by atoms with E-state index in [-0.39, 0.29) is 11.9 Å². The molecule has 0 radical (unpaired) electrons. The lowest BCUT2D eigenvalue weighted by molar-refractivity contribution is 0.0721. The van der Waals surface area contributed by atoms with Crippen LogP contribution in [0.1, 0.15) is 30.6 Å². The molecule has 3 heterocycles. The molecule has 1 fully saturated rings. The van der Waals surface area contributed by atoms with Gasteiger partial charge in [0.05, 0.1) is 35.1 Å². The van der Waals surface area contributed by atoms with Crippen molar-refractivity contribution in [3.05, 3.63) is 76.5 Å². The van der Waals surface area contributed by atoms with Gasteiger partial charge in [-0.3, -0.25) is 4.79 Å². The standard InChI is InChI=1S/C30H33Cl2N7O2/c1-3-21-18-37(30(40)22-10-9-20(31)17-24(22)32)15-16-38(21)26-12-11-25(23-7-5-6-8-27(23)41-4-2)36-28(26)29-34-19-35-39(29)14-13-33/h5-12,17,19,21H,3-4,13-16,18,33H2,1-2H3/t21-/m1/s1. The molecule has 1 aliphatic heterocycles. The van der Waals surface area contributed by atoms with Gasteiger partial charge in [0.25, 0.3) is 5.91 Å². The van der Waals surface area contributed by atoms with Crippen LogP contribution in [0.3, 0.4) is 0 Å². The Bertz CT molecular complexity index is 1530. The number of piperazine rings is 1. The van der Waals surface area contributed by atoms with E-state index < -0.39 is 0 Å². The van der Waals surface area contributed by atoms with Crippen LogP contribution in [-0.4, -0.2) is 69.4 Å². The number of ether oxygens (including phenoxy) is 1. The molecule has 2 aromatic heterocycles. The third-order valence-corrected chi connectivity index (χ3v) is 7.77. The summed E-state index contributed by atoms with van der Waals surface area (Å²) < 4.78 is 7.68. The summed E-state index contributed by atoms with van der Waals surface area (Å²) in [4.78, 5) is 27.3. The van der Waals surface area contributed by atoms with Gasteiger partial charge in [-0.2, -0.15) is 5.10 Å². The zero-order valence-corrected chi connectivity index (χ0v) is 24.6. The number of pyridine rings is 1. The smallest absolute Gasteiger partial charge is 0.255 e. The summed E-state index contributed by atoms with van der Waals surface area (Å²) in [5.74, 6) is 1.31. The fourth-order valence-corrected chi connectivity index (χ4v) is 5.72. The van der Waals surface area contributed by atoms with E-state index in [0.29, 0.717) is 66.5 Å². The lowest BCUT2D eigenvalue weighted by Gasteiger charge is -2.43. The molecular weight excluding hydrogens is 561 g/mol. The maximum Gasteiger partial charge on any atom is 0.255 e. The molecule has 0 aliphatic carbocycles. The minimum atomic E-state index is -0.103. The largest absolute Gasteiger partial charge is 0.493 e. The van der Waals surface area contributed by atoms with Crippen LogP contribution in [0, 0.1) is 0 Å². The van der Waals surface area contributed by atoms with Crippen LogP contribution in [0.25, 0.3) is 22.8 Å². The van der Waals surface area contributed by atoms with Crippen LogP contribution in [-0.2, 0) is 6.54 Å². The number of rotatable bonds is 9. The molecule has 214 valence electrons. The highest BCUT2D eigenvalue weighted by Gasteiger charge is 2.32. The molecule has 1 amide bonds. The predicted molar refractivity (Wildman–Crippen MR) is 163 cm³/mol. The van der Waals surface area contributed by atoms with E-state index in [1.807, 2.05) is 42.2 Å². The van der Waals surface area contributed by atoms with E-state index in [2.05, 4.69) is 28.0 Å². The van der Waals surface area contributed by atoms with Gasteiger partial charge in [0.2, 0.25) is 0 Å². The third kappa shape index (κ3) is 6.02. The predicted octanol–water partition coefficient (Wildman–Crippen LogP) is 5.41. The van der Waals surface area contributed by atoms with Gasteiger partial charge in [-0.25, -0.2) is 14.6 Å². The Kier molecular flexibility index (Phi) is 9.07. The molecule has 1 saturated heterocycles. The molecule has 2 aromatic carbocycles. The minimum absolute atomic E-state index is 0.0479. The lowest BCUT2D eigenvalue weighted by Crippen LogP contribution is -2.55. The van der Waals surface area contributed by atoms with E-state index in [4.69, 9.17) is 38.7 Å². The highest BCUT2D eigenvalue weighted by atomic mass is 35.5. The maximum absolute atomic E-state index is 13.4. The number of hydrogen-bond donors (Lipinski definition) is 1. The second-order valence-corrected chi connectivity index (χ2v) is 10.6. The van der Waals surface area contributed by atoms with Crippen molar-refractivity contribution in [1.82, 2.24) is 24.6 Å². The van der Waals surface area contributed by atoms with Crippen molar-refractivity contribution < 1.29 is 9.53 Å². The SMILES string of the molecule is CCOc1ccccc1-c1ccc(N2CCN(C(=O)c3ccc(Cl)cc3Cl)C[C@H]2CC)c(-c2ncnn2CCN)n1. The van der Waals surface area contributed by atoms with Crippen molar-refractivity contribution in [1.29, 1.82) is 0 Å². The summed E-state index contributed by atoms with van der Waals surface area (Å²) in [6.07, 6.45) is 2.35. The quantitative estimate of drug-likeness (QED) is 0.276. The molecule has 1 aliphatic rings. The first-order valence-corrected chi connectivity index (χ1v) is 14.5. The third-order valence-electron chi connectivity index (χ3n) is 7.22. The van der Waals surface area contributed by atoms with Gasteiger partial charge in [0, 0.05) is 42.8 Å². The van der Waals surface area contributed by atoms with E-state index >= 15 is 0 Å². The first-order valence-electron chi connectivity index (χ1n) is 13.8. The van der Waals surface area contributed by atoms with Crippen molar-refractivity contribution in [2.75, 3.05) is 37.7 Å². The number of carbonyl (C=O) groups excluding carboxylic acids is 1. The van der Waals surface area contributed by atoms with Crippen LogP contribution in [0.2, 0.25) is 10.0 Å². The fraction of sp³-hybridized carbons (Fsp3) is 0.333. The molecule has 2 N–H and O–H groups in total. The summed E-state index contributed by atoms with van der Waals surface area (Å²) in [6, 6.07) is 17.0. The van der Waals surface area contributed by atoms with E-state index in [1.54, 1.807) is 22.9 Å². The summed E-state index contributed by atoms with van der Waals surface area (Å²) >= 11 is 12.4. The van der Waals surface area contributed by atoms with Crippen LogP contribution >= 0.6 is 23.2 Å². The number of para-hydroxylation sites is 1. The van der Waals surface area contributed by atoms with Crippen LogP contribution in [0.15, 0.2) is 60.9 Å². The number of benzene rings is 2. The molecule has 9 nitrogen and oxygen atoms in total. The van der Waals surface area contributed by atoms with Crippen molar-refractivity contribution in [3.8, 4) is 28.5 Å². The average Bonchev–Trinajstić information content (AvgIpc) is 3.45. The second-order valence-electron chi connectivity index (χ2n) is 9.72. The van der Waals surface area contributed by atoms with Gasteiger partial charge in [-0.05, 0) is 55.8 Å². The number of amides is 1. The van der Waals surface area contributed by atoms with Crippen molar-refractivity contribution in [2.45, 2.75) is 32.9 Å². The van der Waals surface area contributed by atoms with E-state index in [9.17, 15) is 4.79 Å². The number of nitrogens with two attached hydrogens (primary N) is 1. The molecule has 11 heteroatoms. The number of nitrogens with zero attached hydrogens (tertiary/aromatic N) is 6. The highest BCUT2D eigenvalue weighted by molar-refractivity contribution is 6.36. The molecule has 5 rings (SSSR count). The van der Waals surface area contributed by atoms with Gasteiger partial charge in [0.15, 0.2) is 5.82 Å². The molecule has 0 spiro atoms. The maximum atomic E-state index is 13.4. The molecule has 1 atom stereocenters. The monoisotopic (exact) mass is 593 g/mol. The van der Waals surface area contributed by atoms with Crippen LogP contribution < -0.4 is 15.4 Å². The van der Waals surface area contributed by atoms with Crippen molar-refractivity contribution in [3.63, 3.8) is 0 Å². The van der Waals surface area contributed by atoms with E-state index in [1.165, 1.54) is 6.33 Å². The zero-order chi connectivity index (χ0) is 28.9. The zero-order valence-electron chi connectivity index (χ0n) is 23.1. The highest BCUT2D eigenvalue weighted by Crippen LogP contribution is 2.36. The molecule has 41 heavy (non-hydrogen) atoms. The Hall–Kier alpha value is -3.66. The Labute approximate surface area is 249 Å². The number of carbonyl (C=O) groups is 1.